The van der Waals surface area contributed by atoms with Crippen molar-refractivity contribution in [2.75, 3.05) is 5.32 Å². The standard InChI is InChI=1S/C16H21N3/c1-11(2)15-7-5-14(6-8-15)9-18-16-10-17-12(3)13(4)19-16/h5-8,10-11H,9H2,1-4H3,(H,18,19). The molecule has 3 nitrogen and oxygen atoms in total. The van der Waals surface area contributed by atoms with E-state index in [1.54, 1.807) is 6.20 Å². The number of benzene rings is 1. The van der Waals surface area contributed by atoms with Gasteiger partial charge in [0.25, 0.3) is 0 Å². The minimum Gasteiger partial charge on any atom is -0.365 e. The highest BCUT2D eigenvalue weighted by atomic mass is 15.0. The number of nitrogens with zero attached hydrogens (tertiary/aromatic N) is 2. The fourth-order valence-corrected chi connectivity index (χ4v) is 1.84. The molecule has 1 aromatic heterocycles. The van der Waals surface area contributed by atoms with Crippen molar-refractivity contribution in [2.45, 2.75) is 40.2 Å². The molecule has 1 aromatic carbocycles. The van der Waals surface area contributed by atoms with Crippen LogP contribution in [-0.4, -0.2) is 9.97 Å². The number of rotatable bonds is 4. The van der Waals surface area contributed by atoms with E-state index in [4.69, 9.17) is 0 Å². The average molecular weight is 255 g/mol. The molecule has 100 valence electrons. The summed E-state index contributed by atoms with van der Waals surface area (Å²) in [5, 5.41) is 3.30. The van der Waals surface area contributed by atoms with Crippen molar-refractivity contribution in [3.05, 3.63) is 53.0 Å². The summed E-state index contributed by atoms with van der Waals surface area (Å²) in [6, 6.07) is 8.70. The van der Waals surface area contributed by atoms with Crippen molar-refractivity contribution in [3.8, 4) is 0 Å². The number of aromatic nitrogens is 2. The second kappa shape index (κ2) is 5.83. The average Bonchev–Trinajstić information content (AvgIpc) is 2.40. The van der Waals surface area contributed by atoms with Gasteiger partial charge < -0.3 is 5.32 Å². The molecular weight excluding hydrogens is 234 g/mol. The predicted octanol–water partition coefficient (Wildman–Crippen LogP) is 3.83. The zero-order valence-corrected chi connectivity index (χ0v) is 12.1. The summed E-state index contributed by atoms with van der Waals surface area (Å²) >= 11 is 0. The van der Waals surface area contributed by atoms with Gasteiger partial charge in [-0.3, -0.25) is 4.98 Å². The van der Waals surface area contributed by atoms with E-state index >= 15 is 0 Å². The molecule has 0 bridgehead atoms. The fourth-order valence-electron chi connectivity index (χ4n) is 1.84. The molecular formula is C16H21N3. The Balaban J connectivity index is 2.00. The van der Waals surface area contributed by atoms with Gasteiger partial charge in [0.1, 0.15) is 5.82 Å². The molecule has 3 heteroatoms. The minimum absolute atomic E-state index is 0.577. The van der Waals surface area contributed by atoms with Crippen molar-refractivity contribution < 1.29 is 0 Å². The predicted molar refractivity (Wildman–Crippen MR) is 79.4 cm³/mol. The Morgan fingerprint density at radius 3 is 2.32 bits per heavy atom. The van der Waals surface area contributed by atoms with E-state index in [1.807, 2.05) is 13.8 Å². The van der Waals surface area contributed by atoms with Gasteiger partial charge in [-0.1, -0.05) is 38.1 Å². The molecule has 0 spiro atoms. The number of hydrogen-bond acceptors (Lipinski definition) is 3. The summed E-state index contributed by atoms with van der Waals surface area (Å²) in [6.45, 7) is 9.13. The molecule has 1 N–H and O–H groups in total. The molecule has 0 saturated heterocycles. The summed E-state index contributed by atoms with van der Waals surface area (Å²) in [7, 11) is 0. The van der Waals surface area contributed by atoms with Crippen LogP contribution in [0.5, 0.6) is 0 Å². The lowest BCUT2D eigenvalue weighted by Gasteiger charge is -2.09. The molecule has 0 amide bonds. The molecule has 2 rings (SSSR count). The third kappa shape index (κ3) is 3.53. The van der Waals surface area contributed by atoms with Crippen molar-refractivity contribution >= 4 is 5.82 Å². The van der Waals surface area contributed by atoms with Gasteiger partial charge in [-0.25, -0.2) is 4.98 Å². The summed E-state index contributed by atoms with van der Waals surface area (Å²) in [4.78, 5) is 8.76. The van der Waals surface area contributed by atoms with E-state index in [-0.39, 0.29) is 0 Å². The van der Waals surface area contributed by atoms with Crippen molar-refractivity contribution in [1.29, 1.82) is 0 Å². The molecule has 0 aliphatic carbocycles. The quantitative estimate of drug-likeness (QED) is 0.902. The fraction of sp³-hybridized carbons (Fsp3) is 0.375. The molecule has 0 atom stereocenters. The van der Waals surface area contributed by atoms with Crippen molar-refractivity contribution in [3.63, 3.8) is 0 Å². The maximum absolute atomic E-state index is 4.46. The normalized spacial score (nSPS) is 10.8. The van der Waals surface area contributed by atoms with Crippen LogP contribution in [0.1, 0.15) is 42.3 Å². The summed E-state index contributed by atoms with van der Waals surface area (Å²) in [6.07, 6.45) is 1.78. The maximum atomic E-state index is 4.46. The second-order valence-corrected chi connectivity index (χ2v) is 5.18. The van der Waals surface area contributed by atoms with Gasteiger partial charge in [-0.2, -0.15) is 0 Å². The largest absolute Gasteiger partial charge is 0.365 e. The topological polar surface area (TPSA) is 37.8 Å². The zero-order chi connectivity index (χ0) is 13.8. The lowest BCUT2D eigenvalue weighted by molar-refractivity contribution is 0.865. The Hall–Kier alpha value is -1.90. The van der Waals surface area contributed by atoms with E-state index in [0.29, 0.717) is 5.92 Å². The van der Waals surface area contributed by atoms with E-state index < -0.39 is 0 Å². The Morgan fingerprint density at radius 2 is 1.74 bits per heavy atom. The smallest absolute Gasteiger partial charge is 0.145 e. The highest BCUT2D eigenvalue weighted by molar-refractivity contribution is 5.35. The summed E-state index contributed by atoms with van der Waals surface area (Å²) < 4.78 is 0. The Morgan fingerprint density at radius 1 is 1.05 bits per heavy atom. The Labute approximate surface area is 115 Å². The first kappa shape index (κ1) is 13.5. The van der Waals surface area contributed by atoms with Crippen LogP contribution in [0, 0.1) is 13.8 Å². The van der Waals surface area contributed by atoms with Crippen LogP contribution in [0.2, 0.25) is 0 Å². The SMILES string of the molecule is Cc1ncc(NCc2ccc(C(C)C)cc2)nc1C. The van der Waals surface area contributed by atoms with E-state index in [0.717, 1.165) is 23.8 Å². The lowest BCUT2D eigenvalue weighted by atomic mass is 10.0. The first-order valence-corrected chi connectivity index (χ1v) is 6.69. The van der Waals surface area contributed by atoms with E-state index in [1.165, 1.54) is 11.1 Å². The van der Waals surface area contributed by atoms with Gasteiger partial charge in [-0.05, 0) is 30.9 Å². The van der Waals surface area contributed by atoms with Crippen LogP contribution in [-0.2, 0) is 6.54 Å². The third-order valence-electron chi connectivity index (χ3n) is 3.31. The number of nitrogens with one attached hydrogen (secondary N) is 1. The molecule has 1 heterocycles. The first-order valence-electron chi connectivity index (χ1n) is 6.69. The Bertz CT molecular complexity index is 544. The number of anilines is 1. The molecule has 0 aliphatic heterocycles. The molecule has 0 saturated carbocycles. The van der Waals surface area contributed by atoms with E-state index in [2.05, 4.69) is 53.4 Å². The van der Waals surface area contributed by atoms with Gasteiger partial charge in [-0.15, -0.1) is 0 Å². The van der Waals surface area contributed by atoms with Gasteiger partial charge in [0.2, 0.25) is 0 Å². The summed E-state index contributed by atoms with van der Waals surface area (Å²) in [5.41, 5.74) is 4.58. The van der Waals surface area contributed by atoms with Gasteiger partial charge in [0.15, 0.2) is 0 Å². The molecule has 2 aromatic rings. The van der Waals surface area contributed by atoms with Gasteiger partial charge in [0, 0.05) is 6.54 Å². The minimum atomic E-state index is 0.577. The van der Waals surface area contributed by atoms with E-state index in [9.17, 15) is 0 Å². The summed E-state index contributed by atoms with van der Waals surface area (Å²) in [5.74, 6) is 1.41. The highest BCUT2D eigenvalue weighted by Gasteiger charge is 2.01. The second-order valence-electron chi connectivity index (χ2n) is 5.18. The Kier molecular flexibility index (Phi) is 4.15. The zero-order valence-electron chi connectivity index (χ0n) is 12.1. The van der Waals surface area contributed by atoms with Crippen LogP contribution in [0.3, 0.4) is 0 Å². The third-order valence-corrected chi connectivity index (χ3v) is 3.31. The number of hydrogen-bond donors (Lipinski definition) is 1. The van der Waals surface area contributed by atoms with Crippen LogP contribution >= 0.6 is 0 Å². The monoisotopic (exact) mass is 255 g/mol. The molecule has 0 fully saturated rings. The highest BCUT2D eigenvalue weighted by Crippen LogP contribution is 2.15. The van der Waals surface area contributed by atoms with Crippen LogP contribution in [0.15, 0.2) is 30.5 Å². The van der Waals surface area contributed by atoms with Crippen LogP contribution in [0.25, 0.3) is 0 Å². The maximum Gasteiger partial charge on any atom is 0.145 e. The molecule has 0 radical (unpaired) electrons. The van der Waals surface area contributed by atoms with Crippen LogP contribution < -0.4 is 5.32 Å². The molecule has 0 unspecified atom stereocenters. The van der Waals surface area contributed by atoms with Crippen molar-refractivity contribution in [2.24, 2.45) is 0 Å². The molecule has 19 heavy (non-hydrogen) atoms. The van der Waals surface area contributed by atoms with Crippen molar-refractivity contribution in [1.82, 2.24) is 9.97 Å². The van der Waals surface area contributed by atoms with Crippen LogP contribution in [0.4, 0.5) is 5.82 Å². The lowest BCUT2D eigenvalue weighted by Crippen LogP contribution is -2.04. The first-order chi connectivity index (χ1) is 9.06. The van der Waals surface area contributed by atoms with Gasteiger partial charge >= 0.3 is 0 Å². The number of aryl methyl sites for hydroxylation is 2. The molecule has 0 aliphatic rings. The van der Waals surface area contributed by atoms with Gasteiger partial charge in [0.05, 0.1) is 17.6 Å².